The minimum Gasteiger partial charge on any atom is -0.469 e. The summed E-state index contributed by atoms with van der Waals surface area (Å²) < 4.78 is 4.47. The lowest BCUT2D eigenvalue weighted by molar-refractivity contribution is -0.141. The van der Waals surface area contributed by atoms with Gasteiger partial charge in [-0.05, 0) is 12.8 Å². The molecule has 1 amide bonds. The highest BCUT2D eigenvalue weighted by atomic mass is 16.5. The highest BCUT2D eigenvalue weighted by molar-refractivity contribution is 5.81. The fourth-order valence-electron chi connectivity index (χ4n) is 1.31. The molecule has 0 aromatic heterocycles. The summed E-state index contributed by atoms with van der Waals surface area (Å²) in [7, 11) is 1.36. The second-order valence-corrected chi connectivity index (χ2v) is 2.89. The van der Waals surface area contributed by atoms with Gasteiger partial charge in [0.15, 0.2) is 0 Å². The molecule has 1 aliphatic heterocycles. The molecule has 4 heteroatoms. The van der Waals surface area contributed by atoms with Crippen LogP contribution in [0.3, 0.4) is 0 Å². The molecule has 12 heavy (non-hydrogen) atoms. The summed E-state index contributed by atoms with van der Waals surface area (Å²) in [6, 6.07) is 0. The van der Waals surface area contributed by atoms with Gasteiger partial charge in [0, 0.05) is 18.9 Å². The molecule has 0 aliphatic carbocycles. The third-order valence-electron chi connectivity index (χ3n) is 2.09. The van der Waals surface area contributed by atoms with Gasteiger partial charge in [-0.15, -0.1) is 0 Å². The Hall–Kier alpha value is -1.06. The van der Waals surface area contributed by atoms with E-state index in [0.717, 1.165) is 13.0 Å². The number of ether oxygens (including phenoxy) is 1. The average Bonchev–Trinajstić information content (AvgIpc) is 2.47. The van der Waals surface area contributed by atoms with Gasteiger partial charge in [-0.2, -0.15) is 0 Å². The fraction of sp³-hybridized carbons (Fsp3) is 0.750. The van der Waals surface area contributed by atoms with E-state index in [1.807, 2.05) is 0 Å². The van der Waals surface area contributed by atoms with Crippen molar-refractivity contribution in [3.8, 4) is 0 Å². The van der Waals surface area contributed by atoms with Gasteiger partial charge in [0.1, 0.15) is 0 Å². The maximum Gasteiger partial charge on any atom is 0.305 e. The molecule has 0 unspecified atom stereocenters. The van der Waals surface area contributed by atoms with Gasteiger partial charge in [0.05, 0.1) is 7.11 Å². The Labute approximate surface area is 71.3 Å². The molecule has 1 N–H and O–H groups in total. The van der Waals surface area contributed by atoms with Crippen molar-refractivity contribution >= 4 is 11.9 Å². The van der Waals surface area contributed by atoms with Crippen LogP contribution in [0.2, 0.25) is 0 Å². The number of hydrogen-bond acceptors (Lipinski definition) is 3. The Kier molecular flexibility index (Phi) is 3.08. The first-order valence-electron chi connectivity index (χ1n) is 4.08. The smallest absolute Gasteiger partial charge is 0.305 e. The lowest BCUT2D eigenvalue weighted by atomic mass is 10.0. The highest BCUT2D eigenvalue weighted by Crippen LogP contribution is 2.15. The molecule has 1 aliphatic rings. The van der Waals surface area contributed by atoms with Crippen LogP contribution in [0.4, 0.5) is 0 Å². The molecule has 68 valence electrons. The van der Waals surface area contributed by atoms with Crippen molar-refractivity contribution in [1.82, 2.24) is 5.32 Å². The standard InChI is InChI=1S/C8H13NO3/c1-12-7(10)3-2-6-4-5-9-8(6)11/h6H,2-5H2,1H3,(H,9,11)/t6-/m1/s1. The second-order valence-electron chi connectivity index (χ2n) is 2.89. The number of esters is 1. The first-order chi connectivity index (χ1) is 5.74. The van der Waals surface area contributed by atoms with Gasteiger partial charge >= 0.3 is 5.97 Å². The van der Waals surface area contributed by atoms with E-state index in [0.29, 0.717) is 12.8 Å². The maximum absolute atomic E-state index is 11.0. The summed E-state index contributed by atoms with van der Waals surface area (Å²) >= 11 is 0. The summed E-state index contributed by atoms with van der Waals surface area (Å²) in [5.41, 5.74) is 0. The first-order valence-corrected chi connectivity index (χ1v) is 4.08. The number of carbonyl (C=O) groups is 2. The normalized spacial score (nSPS) is 22.1. The lowest BCUT2D eigenvalue weighted by Gasteiger charge is -2.03. The van der Waals surface area contributed by atoms with Crippen molar-refractivity contribution < 1.29 is 14.3 Å². The predicted octanol–water partition coefficient (Wildman–Crippen LogP) is 0.0757. The molecule has 1 rings (SSSR count). The number of carbonyl (C=O) groups excluding carboxylic acids is 2. The maximum atomic E-state index is 11.0. The molecule has 0 bridgehead atoms. The molecule has 1 fully saturated rings. The van der Waals surface area contributed by atoms with Crippen LogP contribution >= 0.6 is 0 Å². The molecule has 0 saturated carbocycles. The zero-order chi connectivity index (χ0) is 8.97. The van der Waals surface area contributed by atoms with Crippen LogP contribution in [0.5, 0.6) is 0 Å². The lowest BCUT2D eigenvalue weighted by Crippen LogP contribution is -2.19. The van der Waals surface area contributed by atoms with Crippen LogP contribution in [0.25, 0.3) is 0 Å². The van der Waals surface area contributed by atoms with Crippen LogP contribution < -0.4 is 5.32 Å². The van der Waals surface area contributed by atoms with Crippen molar-refractivity contribution in [3.05, 3.63) is 0 Å². The molecule has 0 radical (unpaired) electrons. The molecule has 0 spiro atoms. The third-order valence-corrected chi connectivity index (χ3v) is 2.09. The van der Waals surface area contributed by atoms with Gasteiger partial charge < -0.3 is 10.1 Å². The predicted molar refractivity (Wildman–Crippen MR) is 42.4 cm³/mol. The van der Waals surface area contributed by atoms with Crippen LogP contribution in [0.1, 0.15) is 19.3 Å². The minimum atomic E-state index is -0.241. The number of rotatable bonds is 3. The first kappa shape index (κ1) is 9.03. The largest absolute Gasteiger partial charge is 0.469 e. The number of hydrogen-bond donors (Lipinski definition) is 1. The fourth-order valence-corrected chi connectivity index (χ4v) is 1.31. The number of nitrogens with one attached hydrogen (secondary N) is 1. The van der Waals surface area contributed by atoms with E-state index in [1.165, 1.54) is 7.11 Å². The van der Waals surface area contributed by atoms with E-state index in [-0.39, 0.29) is 17.8 Å². The van der Waals surface area contributed by atoms with Crippen LogP contribution in [-0.2, 0) is 14.3 Å². The van der Waals surface area contributed by atoms with E-state index >= 15 is 0 Å². The van der Waals surface area contributed by atoms with Gasteiger partial charge in [0.25, 0.3) is 0 Å². The molecule has 0 aromatic rings. The molecule has 1 saturated heterocycles. The average molecular weight is 171 g/mol. The van der Waals surface area contributed by atoms with E-state index in [1.54, 1.807) is 0 Å². The molecular formula is C8H13NO3. The third kappa shape index (κ3) is 2.22. The molecule has 0 aromatic carbocycles. The summed E-state index contributed by atoms with van der Waals surface area (Å²) in [6.45, 7) is 0.741. The molecule has 4 nitrogen and oxygen atoms in total. The van der Waals surface area contributed by atoms with Crippen molar-refractivity contribution in [2.45, 2.75) is 19.3 Å². The highest BCUT2D eigenvalue weighted by Gasteiger charge is 2.24. The van der Waals surface area contributed by atoms with Crippen molar-refractivity contribution in [3.63, 3.8) is 0 Å². The van der Waals surface area contributed by atoms with E-state index in [2.05, 4.69) is 10.1 Å². The van der Waals surface area contributed by atoms with Crippen LogP contribution in [0.15, 0.2) is 0 Å². The van der Waals surface area contributed by atoms with E-state index in [9.17, 15) is 9.59 Å². The molecule has 1 atom stereocenters. The molecule has 1 heterocycles. The van der Waals surface area contributed by atoms with Crippen molar-refractivity contribution in [1.29, 1.82) is 0 Å². The van der Waals surface area contributed by atoms with E-state index < -0.39 is 0 Å². The van der Waals surface area contributed by atoms with E-state index in [4.69, 9.17) is 0 Å². The SMILES string of the molecule is COC(=O)CC[C@@H]1CCNC1=O. The van der Waals surface area contributed by atoms with Gasteiger partial charge in [-0.3, -0.25) is 9.59 Å². The zero-order valence-electron chi connectivity index (χ0n) is 7.13. The minimum absolute atomic E-state index is 0.0177. The topological polar surface area (TPSA) is 55.4 Å². The number of amides is 1. The number of methoxy groups -OCH3 is 1. The Balaban J connectivity index is 2.22. The summed E-state index contributed by atoms with van der Waals surface area (Å²) in [5.74, 6) is -0.155. The van der Waals surface area contributed by atoms with Crippen molar-refractivity contribution in [2.24, 2.45) is 5.92 Å². The summed E-state index contributed by atoms with van der Waals surface area (Å²) in [4.78, 5) is 21.7. The van der Waals surface area contributed by atoms with Gasteiger partial charge in [-0.1, -0.05) is 0 Å². The summed E-state index contributed by atoms with van der Waals surface area (Å²) in [5, 5.41) is 2.72. The van der Waals surface area contributed by atoms with Crippen molar-refractivity contribution in [2.75, 3.05) is 13.7 Å². The van der Waals surface area contributed by atoms with Gasteiger partial charge in [0.2, 0.25) is 5.91 Å². The Morgan fingerprint density at radius 1 is 1.75 bits per heavy atom. The zero-order valence-corrected chi connectivity index (χ0v) is 7.13. The van der Waals surface area contributed by atoms with Crippen LogP contribution in [0, 0.1) is 5.92 Å². The Morgan fingerprint density at radius 2 is 2.50 bits per heavy atom. The Bertz CT molecular complexity index is 191. The Morgan fingerprint density at radius 3 is 3.00 bits per heavy atom. The summed E-state index contributed by atoms with van der Waals surface area (Å²) in [6.07, 6.45) is 1.79. The van der Waals surface area contributed by atoms with Crippen LogP contribution in [-0.4, -0.2) is 25.5 Å². The van der Waals surface area contributed by atoms with Gasteiger partial charge in [-0.25, -0.2) is 0 Å². The second kappa shape index (κ2) is 4.09. The monoisotopic (exact) mass is 171 g/mol. The molecular weight excluding hydrogens is 158 g/mol. The quantitative estimate of drug-likeness (QED) is 0.611.